The lowest BCUT2D eigenvalue weighted by molar-refractivity contribution is -0.161. The molecule has 0 spiro atoms. The van der Waals surface area contributed by atoms with Crippen LogP contribution in [0.3, 0.4) is 0 Å². The maximum absolute atomic E-state index is 12.1. The predicted octanol–water partition coefficient (Wildman–Crippen LogP) is 8.11. The Morgan fingerprint density at radius 2 is 1.12 bits per heavy atom. The molecule has 0 aromatic carbocycles. The second-order valence-electron chi connectivity index (χ2n) is 11.9. The minimum Gasteiger partial charge on any atom is -0.462 e. The van der Waals surface area contributed by atoms with Gasteiger partial charge in [0.2, 0.25) is 0 Å². The predicted molar refractivity (Wildman–Crippen MR) is 171 cm³/mol. The van der Waals surface area contributed by atoms with E-state index >= 15 is 0 Å². The lowest BCUT2D eigenvalue weighted by atomic mass is 10.0. The van der Waals surface area contributed by atoms with E-state index in [1.165, 1.54) is 70.6 Å². The van der Waals surface area contributed by atoms with Crippen molar-refractivity contribution in [2.24, 2.45) is 0 Å². The Morgan fingerprint density at radius 1 is 0.619 bits per heavy atom. The Kier molecular flexibility index (Phi) is 29.9. The molecule has 0 fully saturated rings. The molecule has 0 aliphatic heterocycles. The third-order valence-electron chi connectivity index (χ3n) is 7.76. The van der Waals surface area contributed by atoms with Gasteiger partial charge in [0.15, 0.2) is 6.10 Å². The van der Waals surface area contributed by atoms with Crippen molar-refractivity contribution < 1.29 is 34.4 Å². The van der Waals surface area contributed by atoms with Gasteiger partial charge in [0.05, 0.1) is 18.8 Å². The molecule has 0 unspecified atom stereocenters. The monoisotopic (exact) mass is 598 g/mol. The number of hydrogen-bond acceptors (Lipinski definition) is 7. The van der Waals surface area contributed by atoms with Crippen LogP contribution in [0.1, 0.15) is 168 Å². The second-order valence-corrected chi connectivity index (χ2v) is 11.9. The zero-order valence-corrected chi connectivity index (χ0v) is 27.2. The SMILES string of the molecule is CCCCC/C=C\C[C@@H](O)[C@H](O)CCCCCCCC(=O)OC[C@H](CO)OC(=O)CCCCCCCCCCCCC. The minimum absolute atomic E-state index is 0.118. The van der Waals surface area contributed by atoms with E-state index in [-0.39, 0.29) is 31.6 Å². The average Bonchev–Trinajstić information content (AvgIpc) is 2.98. The Bertz CT molecular complexity index is 637. The molecule has 0 saturated heterocycles. The second kappa shape index (κ2) is 31.0. The van der Waals surface area contributed by atoms with Gasteiger partial charge >= 0.3 is 11.9 Å². The molecular weight excluding hydrogens is 532 g/mol. The molecule has 0 aromatic heterocycles. The van der Waals surface area contributed by atoms with E-state index in [1.807, 2.05) is 6.08 Å². The summed E-state index contributed by atoms with van der Waals surface area (Å²) in [6.07, 6.45) is 25.8. The van der Waals surface area contributed by atoms with Gasteiger partial charge in [0, 0.05) is 12.8 Å². The summed E-state index contributed by atoms with van der Waals surface area (Å²) in [6, 6.07) is 0. The first-order valence-corrected chi connectivity index (χ1v) is 17.4. The maximum atomic E-state index is 12.1. The van der Waals surface area contributed by atoms with Crippen LogP contribution < -0.4 is 0 Å². The number of carbonyl (C=O) groups excluding carboxylic acids is 2. The van der Waals surface area contributed by atoms with Crippen molar-refractivity contribution in [3.8, 4) is 0 Å². The summed E-state index contributed by atoms with van der Waals surface area (Å²) in [4.78, 5) is 24.1. The number of aliphatic hydroxyl groups is 3. The zero-order chi connectivity index (χ0) is 31.1. The van der Waals surface area contributed by atoms with E-state index in [1.54, 1.807) is 0 Å². The zero-order valence-electron chi connectivity index (χ0n) is 27.2. The molecular formula is C35H66O7. The Balaban J connectivity index is 3.71. The highest BCUT2D eigenvalue weighted by atomic mass is 16.6. The lowest BCUT2D eigenvalue weighted by Crippen LogP contribution is -2.28. The van der Waals surface area contributed by atoms with Crippen molar-refractivity contribution in [2.45, 2.75) is 186 Å². The van der Waals surface area contributed by atoms with Crippen molar-refractivity contribution in [3.05, 3.63) is 12.2 Å². The van der Waals surface area contributed by atoms with E-state index in [4.69, 9.17) is 9.47 Å². The average molecular weight is 599 g/mol. The summed E-state index contributed by atoms with van der Waals surface area (Å²) in [7, 11) is 0. The number of esters is 2. The number of carbonyl (C=O) groups is 2. The molecule has 3 N–H and O–H groups in total. The molecule has 0 aliphatic carbocycles. The Hall–Kier alpha value is -1.44. The minimum atomic E-state index is -0.813. The third kappa shape index (κ3) is 27.4. The Labute approximate surface area is 257 Å². The number of hydrogen-bond donors (Lipinski definition) is 3. The fourth-order valence-electron chi connectivity index (χ4n) is 4.93. The summed E-state index contributed by atoms with van der Waals surface area (Å²) in [5, 5.41) is 29.7. The Morgan fingerprint density at radius 3 is 1.69 bits per heavy atom. The van der Waals surface area contributed by atoms with E-state index in [2.05, 4.69) is 19.9 Å². The first kappa shape index (κ1) is 40.6. The molecule has 0 heterocycles. The van der Waals surface area contributed by atoms with Crippen molar-refractivity contribution in [3.63, 3.8) is 0 Å². The molecule has 0 bridgehead atoms. The summed E-state index contributed by atoms with van der Waals surface area (Å²) in [5.41, 5.74) is 0. The van der Waals surface area contributed by atoms with Gasteiger partial charge in [-0.3, -0.25) is 9.59 Å². The quantitative estimate of drug-likeness (QED) is 0.0419. The van der Waals surface area contributed by atoms with E-state index in [0.717, 1.165) is 51.4 Å². The van der Waals surface area contributed by atoms with Crippen LogP contribution in [0.15, 0.2) is 12.2 Å². The van der Waals surface area contributed by atoms with Crippen LogP contribution in [0.4, 0.5) is 0 Å². The number of unbranched alkanes of at least 4 members (excludes halogenated alkanes) is 17. The third-order valence-corrected chi connectivity index (χ3v) is 7.76. The maximum Gasteiger partial charge on any atom is 0.306 e. The molecule has 0 radical (unpaired) electrons. The van der Waals surface area contributed by atoms with Crippen LogP contribution >= 0.6 is 0 Å². The van der Waals surface area contributed by atoms with Gasteiger partial charge in [0.25, 0.3) is 0 Å². The molecule has 0 aliphatic rings. The largest absolute Gasteiger partial charge is 0.462 e. The summed E-state index contributed by atoms with van der Waals surface area (Å²) < 4.78 is 10.5. The fourth-order valence-corrected chi connectivity index (χ4v) is 4.93. The molecule has 248 valence electrons. The number of ether oxygens (including phenoxy) is 2. The van der Waals surface area contributed by atoms with Gasteiger partial charge < -0.3 is 24.8 Å². The lowest BCUT2D eigenvalue weighted by Gasteiger charge is -2.16. The van der Waals surface area contributed by atoms with E-state index < -0.39 is 18.3 Å². The highest BCUT2D eigenvalue weighted by molar-refractivity contribution is 5.70. The summed E-state index contributed by atoms with van der Waals surface area (Å²) in [6.45, 7) is 3.93. The summed E-state index contributed by atoms with van der Waals surface area (Å²) in [5.74, 6) is -0.700. The molecule has 3 atom stereocenters. The molecule has 0 aromatic rings. The van der Waals surface area contributed by atoms with Crippen molar-refractivity contribution in [2.75, 3.05) is 13.2 Å². The number of rotatable bonds is 31. The first-order valence-electron chi connectivity index (χ1n) is 17.4. The van der Waals surface area contributed by atoms with Crippen LogP contribution in [0, 0.1) is 0 Å². The number of aliphatic hydroxyl groups excluding tert-OH is 3. The van der Waals surface area contributed by atoms with Gasteiger partial charge in [-0.2, -0.15) is 0 Å². The van der Waals surface area contributed by atoms with Crippen molar-refractivity contribution >= 4 is 11.9 Å². The van der Waals surface area contributed by atoms with Gasteiger partial charge in [-0.15, -0.1) is 0 Å². The smallest absolute Gasteiger partial charge is 0.306 e. The fraction of sp³-hybridized carbons (Fsp3) is 0.886. The van der Waals surface area contributed by atoms with Crippen LogP contribution in [-0.4, -0.2) is 58.8 Å². The molecule has 7 nitrogen and oxygen atoms in total. The highest BCUT2D eigenvalue weighted by Crippen LogP contribution is 2.14. The van der Waals surface area contributed by atoms with Gasteiger partial charge in [-0.25, -0.2) is 0 Å². The van der Waals surface area contributed by atoms with Crippen molar-refractivity contribution in [1.29, 1.82) is 0 Å². The van der Waals surface area contributed by atoms with Gasteiger partial charge in [-0.1, -0.05) is 129 Å². The van der Waals surface area contributed by atoms with Crippen LogP contribution in [0.25, 0.3) is 0 Å². The summed E-state index contributed by atoms with van der Waals surface area (Å²) >= 11 is 0. The van der Waals surface area contributed by atoms with Crippen LogP contribution in [-0.2, 0) is 19.1 Å². The highest BCUT2D eigenvalue weighted by Gasteiger charge is 2.16. The topological polar surface area (TPSA) is 113 Å². The molecule has 7 heteroatoms. The van der Waals surface area contributed by atoms with Crippen molar-refractivity contribution in [1.82, 2.24) is 0 Å². The van der Waals surface area contributed by atoms with E-state index in [9.17, 15) is 24.9 Å². The van der Waals surface area contributed by atoms with E-state index in [0.29, 0.717) is 25.7 Å². The molecule has 0 rings (SSSR count). The van der Waals surface area contributed by atoms with Gasteiger partial charge in [-0.05, 0) is 38.5 Å². The number of allylic oxidation sites excluding steroid dienone is 1. The molecule has 42 heavy (non-hydrogen) atoms. The van der Waals surface area contributed by atoms with Gasteiger partial charge in [0.1, 0.15) is 6.61 Å². The molecule has 0 saturated carbocycles. The standard InChI is InChI=1S/C35H66O7/c1-3-5-7-9-11-12-13-14-15-19-24-28-35(40)42-31(29-36)30-41-34(39)27-23-20-16-18-22-26-33(38)32(37)25-21-17-10-8-6-4-2/h17,21,31-33,36-38H,3-16,18-20,22-30H2,1-2H3/b21-17-/t31-,32+,33+/m0/s1. The molecule has 0 amide bonds. The first-order chi connectivity index (χ1) is 20.4. The van der Waals surface area contributed by atoms with Crippen LogP contribution in [0.5, 0.6) is 0 Å². The van der Waals surface area contributed by atoms with Crippen LogP contribution in [0.2, 0.25) is 0 Å². The normalized spacial score (nSPS) is 13.7.